The maximum Gasteiger partial charge on any atom is 0.251 e. The van der Waals surface area contributed by atoms with Crippen LogP contribution < -0.4 is 14.8 Å². The van der Waals surface area contributed by atoms with E-state index in [1.165, 1.54) is 12.8 Å². The molecular weight excluding hydrogens is 294 g/mol. The van der Waals surface area contributed by atoms with E-state index in [1.54, 1.807) is 38.7 Å². The second kappa shape index (κ2) is 6.64. The molecule has 0 atom stereocenters. The highest BCUT2D eigenvalue weighted by atomic mass is 16.5. The smallest absolute Gasteiger partial charge is 0.251 e. The second-order valence-electron chi connectivity index (χ2n) is 5.46. The molecule has 1 aliphatic rings. The molecule has 0 bridgehead atoms. The molecule has 1 amide bonds. The van der Waals surface area contributed by atoms with Gasteiger partial charge in [0.2, 0.25) is 0 Å². The van der Waals surface area contributed by atoms with E-state index in [0.29, 0.717) is 29.5 Å². The van der Waals surface area contributed by atoms with Crippen molar-refractivity contribution in [2.24, 2.45) is 0 Å². The lowest BCUT2D eigenvalue weighted by molar-refractivity contribution is 0.0950. The Morgan fingerprint density at radius 3 is 2.65 bits per heavy atom. The zero-order valence-corrected chi connectivity index (χ0v) is 13.2. The van der Waals surface area contributed by atoms with Crippen LogP contribution in [0.1, 0.15) is 40.5 Å². The van der Waals surface area contributed by atoms with Gasteiger partial charge in [-0.15, -0.1) is 0 Å². The van der Waals surface area contributed by atoms with Gasteiger partial charge in [-0.3, -0.25) is 4.79 Å². The third-order valence-corrected chi connectivity index (χ3v) is 3.82. The Morgan fingerprint density at radius 2 is 1.96 bits per heavy atom. The van der Waals surface area contributed by atoms with Gasteiger partial charge in [0, 0.05) is 17.2 Å². The summed E-state index contributed by atoms with van der Waals surface area (Å²) in [5.74, 6) is 1.50. The number of carbonyl (C=O) groups is 1. The minimum absolute atomic E-state index is 0.183. The van der Waals surface area contributed by atoms with Crippen molar-refractivity contribution in [3.8, 4) is 11.5 Å². The zero-order chi connectivity index (χ0) is 16.2. The van der Waals surface area contributed by atoms with Gasteiger partial charge in [-0.05, 0) is 37.1 Å². The molecule has 1 aliphatic carbocycles. The Bertz CT molecular complexity index is 714. The van der Waals surface area contributed by atoms with E-state index >= 15 is 0 Å². The summed E-state index contributed by atoms with van der Waals surface area (Å²) in [5.41, 5.74) is 2.39. The van der Waals surface area contributed by atoms with Crippen molar-refractivity contribution in [2.45, 2.75) is 25.3 Å². The van der Waals surface area contributed by atoms with E-state index in [2.05, 4.69) is 15.3 Å². The molecule has 0 saturated heterocycles. The SMILES string of the molecule is COc1ccc(C(=O)NCc2cc(C3CC3)ncn2)cc1OC. The van der Waals surface area contributed by atoms with Crippen LogP contribution in [0.4, 0.5) is 0 Å². The molecule has 1 aromatic carbocycles. The summed E-state index contributed by atoms with van der Waals surface area (Å²) in [7, 11) is 3.10. The molecule has 120 valence electrons. The highest BCUT2D eigenvalue weighted by molar-refractivity contribution is 5.94. The van der Waals surface area contributed by atoms with Crippen LogP contribution in [0.3, 0.4) is 0 Å². The van der Waals surface area contributed by atoms with Gasteiger partial charge in [0.15, 0.2) is 11.5 Å². The van der Waals surface area contributed by atoms with Crippen LogP contribution in [-0.2, 0) is 6.54 Å². The first-order valence-electron chi connectivity index (χ1n) is 7.52. The lowest BCUT2D eigenvalue weighted by Gasteiger charge is -2.10. The van der Waals surface area contributed by atoms with Gasteiger partial charge < -0.3 is 14.8 Å². The van der Waals surface area contributed by atoms with Crippen molar-refractivity contribution >= 4 is 5.91 Å². The summed E-state index contributed by atoms with van der Waals surface area (Å²) in [4.78, 5) is 20.7. The highest BCUT2D eigenvalue weighted by Crippen LogP contribution is 2.38. The summed E-state index contributed by atoms with van der Waals surface area (Å²) in [6.45, 7) is 0.370. The van der Waals surface area contributed by atoms with Crippen molar-refractivity contribution in [1.29, 1.82) is 0 Å². The zero-order valence-electron chi connectivity index (χ0n) is 13.2. The van der Waals surface area contributed by atoms with Gasteiger partial charge in [0.05, 0.1) is 26.5 Å². The first-order valence-corrected chi connectivity index (χ1v) is 7.52. The van der Waals surface area contributed by atoms with Crippen molar-refractivity contribution in [2.75, 3.05) is 14.2 Å². The van der Waals surface area contributed by atoms with E-state index in [9.17, 15) is 4.79 Å². The predicted octanol–water partition coefficient (Wildman–Crippen LogP) is 2.30. The molecular formula is C17H19N3O3. The number of carbonyl (C=O) groups excluding carboxylic acids is 1. The monoisotopic (exact) mass is 313 g/mol. The lowest BCUT2D eigenvalue weighted by atomic mass is 10.2. The van der Waals surface area contributed by atoms with Crippen LogP contribution in [0.25, 0.3) is 0 Å². The maximum atomic E-state index is 12.3. The average molecular weight is 313 g/mol. The van der Waals surface area contributed by atoms with Crippen LogP contribution in [0.15, 0.2) is 30.6 Å². The Hall–Kier alpha value is -2.63. The number of aromatic nitrogens is 2. The first-order chi connectivity index (χ1) is 11.2. The largest absolute Gasteiger partial charge is 0.493 e. The Labute approximate surface area is 134 Å². The van der Waals surface area contributed by atoms with Crippen molar-refractivity contribution < 1.29 is 14.3 Å². The number of benzene rings is 1. The standard InChI is InChI=1S/C17H19N3O3/c1-22-15-6-5-12(7-16(15)23-2)17(21)18-9-13-8-14(11-3-4-11)20-10-19-13/h5-8,10-11H,3-4,9H2,1-2H3,(H,18,21). The normalized spacial score (nSPS) is 13.5. The van der Waals surface area contributed by atoms with Gasteiger partial charge in [-0.1, -0.05) is 0 Å². The molecule has 1 N–H and O–H groups in total. The second-order valence-corrected chi connectivity index (χ2v) is 5.46. The molecule has 3 rings (SSSR count). The molecule has 1 aromatic heterocycles. The minimum Gasteiger partial charge on any atom is -0.493 e. The molecule has 23 heavy (non-hydrogen) atoms. The Balaban J connectivity index is 1.66. The molecule has 1 saturated carbocycles. The molecule has 6 heteroatoms. The number of rotatable bonds is 6. The van der Waals surface area contributed by atoms with E-state index in [4.69, 9.17) is 9.47 Å². The maximum absolute atomic E-state index is 12.3. The summed E-state index contributed by atoms with van der Waals surface area (Å²) in [6, 6.07) is 7.03. The number of hydrogen-bond donors (Lipinski definition) is 1. The van der Waals surface area contributed by atoms with E-state index in [0.717, 1.165) is 11.4 Å². The van der Waals surface area contributed by atoms with Gasteiger partial charge in [-0.25, -0.2) is 9.97 Å². The predicted molar refractivity (Wildman–Crippen MR) is 84.7 cm³/mol. The van der Waals surface area contributed by atoms with E-state index in [1.807, 2.05) is 6.07 Å². The number of amides is 1. The first kappa shape index (κ1) is 15.3. The molecule has 0 spiro atoms. The number of nitrogens with one attached hydrogen (secondary N) is 1. The third-order valence-electron chi connectivity index (χ3n) is 3.82. The number of hydrogen-bond acceptors (Lipinski definition) is 5. The fourth-order valence-electron chi connectivity index (χ4n) is 2.36. The van der Waals surface area contributed by atoms with Crippen LogP contribution in [0, 0.1) is 0 Å². The molecule has 2 aromatic rings. The molecule has 1 heterocycles. The van der Waals surface area contributed by atoms with Crippen LogP contribution in [-0.4, -0.2) is 30.1 Å². The molecule has 0 radical (unpaired) electrons. The van der Waals surface area contributed by atoms with E-state index < -0.39 is 0 Å². The summed E-state index contributed by atoms with van der Waals surface area (Å²) in [6.07, 6.45) is 3.94. The molecule has 6 nitrogen and oxygen atoms in total. The van der Waals surface area contributed by atoms with Gasteiger partial charge in [0.25, 0.3) is 5.91 Å². The van der Waals surface area contributed by atoms with Gasteiger partial charge in [-0.2, -0.15) is 0 Å². The Kier molecular flexibility index (Phi) is 4.41. The Morgan fingerprint density at radius 1 is 1.17 bits per heavy atom. The number of methoxy groups -OCH3 is 2. The van der Waals surface area contributed by atoms with Gasteiger partial charge in [0.1, 0.15) is 6.33 Å². The van der Waals surface area contributed by atoms with Crippen molar-refractivity contribution in [3.63, 3.8) is 0 Å². The summed E-state index contributed by atoms with van der Waals surface area (Å²) >= 11 is 0. The number of nitrogens with zero attached hydrogens (tertiary/aromatic N) is 2. The quantitative estimate of drug-likeness (QED) is 0.886. The highest BCUT2D eigenvalue weighted by Gasteiger charge is 2.25. The van der Waals surface area contributed by atoms with Crippen LogP contribution in [0.2, 0.25) is 0 Å². The summed E-state index contributed by atoms with van der Waals surface area (Å²) in [5, 5.41) is 2.86. The number of ether oxygens (including phenoxy) is 2. The molecule has 1 fully saturated rings. The molecule has 0 aliphatic heterocycles. The fourth-order valence-corrected chi connectivity index (χ4v) is 2.36. The molecule has 0 unspecified atom stereocenters. The van der Waals surface area contributed by atoms with Crippen molar-refractivity contribution in [3.05, 3.63) is 47.5 Å². The lowest BCUT2D eigenvalue weighted by Crippen LogP contribution is -2.23. The van der Waals surface area contributed by atoms with Crippen LogP contribution >= 0.6 is 0 Å². The fraction of sp³-hybridized carbons (Fsp3) is 0.353. The van der Waals surface area contributed by atoms with Crippen molar-refractivity contribution in [1.82, 2.24) is 15.3 Å². The van der Waals surface area contributed by atoms with Crippen LogP contribution in [0.5, 0.6) is 11.5 Å². The van der Waals surface area contributed by atoms with E-state index in [-0.39, 0.29) is 5.91 Å². The summed E-state index contributed by atoms with van der Waals surface area (Å²) < 4.78 is 10.4. The third kappa shape index (κ3) is 3.59. The topological polar surface area (TPSA) is 73.3 Å². The average Bonchev–Trinajstić information content (AvgIpc) is 3.44. The minimum atomic E-state index is -0.183. The van der Waals surface area contributed by atoms with Gasteiger partial charge >= 0.3 is 0 Å².